The van der Waals surface area contributed by atoms with E-state index in [4.69, 9.17) is 9.47 Å². The van der Waals surface area contributed by atoms with Gasteiger partial charge in [0.2, 0.25) is 5.91 Å². The summed E-state index contributed by atoms with van der Waals surface area (Å²) in [6, 6.07) is -0.563. The van der Waals surface area contributed by atoms with Crippen molar-refractivity contribution in [2.75, 3.05) is 38.4 Å². The molecule has 0 spiro atoms. The summed E-state index contributed by atoms with van der Waals surface area (Å²) in [5.74, 6) is 1.65. The summed E-state index contributed by atoms with van der Waals surface area (Å²) < 4.78 is 9.96. The lowest BCUT2D eigenvalue weighted by Gasteiger charge is -2.35. The average Bonchev–Trinajstić information content (AvgIpc) is 2.91. The summed E-state index contributed by atoms with van der Waals surface area (Å²) in [5.41, 5.74) is 0. The van der Waals surface area contributed by atoms with E-state index < -0.39 is 6.04 Å². The van der Waals surface area contributed by atoms with Crippen molar-refractivity contribution < 1.29 is 19.1 Å². The Bertz CT molecular complexity index is 304. The summed E-state index contributed by atoms with van der Waals surface area (Å²) in [5, 5.41) is 0. The molecule has 0 N–H and O–H groups in total. The Labute approximate surface area is 105 Å². The Kier molecular flexibility index (Phi) is 4.28. The molecule has 5 nitrogen and oxygen atoms in total. The first-order chi connectivity index (χ1) is 8.24. The van der Waals surface area contributed by atoms with Crippen LogP contribution in [-0.2, 0) is 19.1 Å². The van der Waals surface area contributed by atoms with Gasteiger partial charge in [0.25, 0.3) is 0 Å². The third-order valence-electron chi connectivity index (χ3n) is 3.16. The van der Waals surface area contributed by atoms with E-state index in [1.54, 1.807) is 16.7 Å². The van der Waals surface area contributed by atoms with E-state index in [1.165, 1.54) is 7.11 Å². The standard InChI is InChI=1S/C11H17NO4S/c1-15-11(14)9-6-16-4-3-12(9)10(13)8-2-5-17-7-8/h8-9H,2-7H2,1H3. The molecule has 2 saturated heterocycles. The van der Waals surface area contributed by atoms with Gasteiger partial charge in [0.15, 0.2) is 6.04 Å². The van der Waals surface area contributed by atoms with Gasteiger partial charge in [-0.2, -0.15) is 11.8 Å². The minimum Gasteiger partial charge on any atom is -0.467 e. The maximum atomic E-state index is 12.3. The number of amides is 1. The molecule has 0 bridgehead atoms. The zero-order chi connectivity index (χ0) is 12.3. The molecule has 2 aliphatic rings. The molecule has 2 aliphatic heterocycles. The molecule has 1 amide bonds. The maximum Gasteiger partial charge on any atom is 0.331 e. The molecule has 6 heteroatoms. The minimum atomic E-state index is -0.563. The quantitative estimate of drug-likeness (QED) is 0.660. The predicted octanol–water partition coefficient (Wildman–Crippen LogP) is 0.140. The Hall–Kier alpha value is -0.750. The topological polar surface area (TPSA) is 55.8 Å². The molecule has 2 atom stereocenters. The summed E-state index contributed by atoms with van der Waals surface area (Å²) in [6.07, 6.45) is 0.911. The van der Waals surface area contributed by atoms with Gasteiger partial charge in [-0.15, -0.1) is 0 Å². The first kappa shape index (κ1) is 12.7. The van der Waals surface area contributed by atoms with Crippen LogP contribution in [-0.4, -0.2) is 61.2 Å². The van der Waals surface area contributed by atoms with E-state index >= 15 is 0 Å². The predicted molar refractivity (Wildman–Crippen MR) is 63.8 cm³/mol. The van der Waals surface area contributed by atoms with Crippen LogP contribution in [0.1, 0.15) is 6.42 Å². The molecule has 2 fully saturated rings. The molecular formula is C11H17NO4S. The van der Waals surface area contributed by atoms with Gasteiger partial charge in [-0.1, -0.05) is 0 Å². The van der Waals surface area contributed by atoms with Crippen LogP contribution in [0.4, 0.5) is 0 Å². The van der Waals surface area contributed by atoms with Crippen molar-refractivity contribution in [2.45, 2.75) is 12.5 Å². The Morgan fingerprint density at radius 3 is 2.94 bits per heavy atom. The van der Waals surface area contributed by atoms with Crippen LogP contribution in [0.5, 0.6) is 0 Å². The van der Waals surface area contributed by atoms with Gasteiger partial charge in [-0.05, 0) is 12.2 Å². The number of thioether (sulfide) groups is 1. The maximum absolute atomic E-state index is 12.3. The molecule has 0 aromatic carbocycles. The van der Waals surface area contributed by atoms with Crippen molar-refractivity contribution in [1.82, 2.24) is 4.90 Å². The van der Waals surface area contributed by atoms with Crippen molar-refractivity contribution in [3.8, 4) is 0 Å². The number of esters is 1. The highest BCUT2D eigenvalue weighted by molar-refractivity contribution is 7.99. The Balaban J connectivity index is 2.04. The first-order valence-corrected chi connectivity index (χ1v) is 6.93. The van der Waals surface area contributed by atoms with Crippen LogP contribution >= 0.6 is 11.8 Å². The van der Waals surface area contributed by atoms with E-state index in [0.29, 0.717) is 13.2 Å². The molecule has 2 rings (SSSR count). The second-order valence-corrected chi connectivity index (χ2v) is 5.36. The molecule has 17 heavy (non-hydrogen) atoms. The lowest BCUT2D eigenvalue weighted by Crippen LogP contribution is -2.54. The molecule has 0 aromatic rings. The van der Waals surface area contributed by atoms with Crippen LogP contribution in [0, 0.1) is 5.92 Å². The van der Waals surface area contributed by atoms with Gasteiger partial charge in [0.1, 0.15) is 0 Å². The van der Waals surface area contributed by atoms with Crippen LogP contribution in [0.25, 0.3) is 0 Å². The lowest BCUT2D eigenvalue weighted by atomic mass is 10.1. The third kappa shape index (κ3) is 2.74. The highest BCUT2D eigenvalue weighted by Crippen LogP contribution is 2.26. The summed E-state index contributed by atoms with van der Waals surface area (Å²) in [4.78, 5) is 25.5. The van der Waals surface area contributed by atoms with Gasteiger partial charge in [-0.25, -0.2) is 4.79 Å². The zero-order valence-electron chi connectivity index (χ0n) is 9.89. The Morgan fingerprint density at radius 1 is 1.47 bits per heavy atom. The highest BCUT2D eigenvalue weighted by atomic mass is 32.2. The number of methoxy groups -OCH3 is 1. The zero-order valence-corrected chi connectivity index (χ0v) is 10.7. The lowest BCUT2D eigenvalue weighted by molar-refractivity contribution is -0.162. The monoisotopic (exact) mass is 259 g/mol. The van der Waals surface area contributed by atoms with Crippen LogP contribution in [0.3, 0.4) is 0 Å². The summed E-state index contributed by atoms with van der Waals surface area (Å²) in [6.45, 7) is 1.23. The number of morpholine rings is 1. The van der Waals surface area contributed by atoms with Gasteiger partial charge in [0, 0.05) is 18.2 Å². The number of carbonyl (C=O) groups is 2. The first-order valence-electron chi connectivity index (χ1n) is 5.78. The van der Waals surface area contributed by atoms with Crippen molar-refractivity contribution in [2.24, 2.45) is 5.92 Å². The normalized spacial score (nSPS) is 29.1. The van der Waals surface area contributed by atoms with Crippen molar-refractivity contribution in [1.29, 1.82) is 0 Å². The molecule has 96 valence electrons. The Morgan fingerprint density at radius 2 is 2.29 bits per heavy atom. The van der Waals surface area contributed by atoms with Gasteiger partial charge >= 0.3 is 5.97 Å². The van der Waals surface area contributed by atoms with Gasteiger partial charge in [-0.3, -0.25) is 4.79 Å². The average molecular weight is 259 g/mol. The minimum absolute atomic E-state index is 0.0604. The fourth-order valence-electron chi connectivity index (χ4n) is 2.16. The number of hydrogen-bond donors (Lipinski definition) is 0. The van der Waals surface area contributed by atoms with Gasteiger partial charge in [0.05, 0.1) is 20.3 Å². The molecule has 2 unspecified atom stereocenters. The second-order valence-electron chi connectivity index (χ2n) is 4.21. The molecular weight excluding hydrogens is 242 g/mol. The number of ether oxygens (including phenoxy) is 2. The van der Waals surface area contributed by atoms with Crippen molar-refractivity contribution in [3.63, 3.8) is 0 Å². The highest BCUT2D eigenvalue weighted by Gasteiger charge is 2.37. The van der Waals surface area contributed by atoms with Crippen LogP contribution < -0.4 is 0 Å². The second kappa shape index (κ2) is 5.73. The molecule has 0 aromatic heterocycles. The fraction of sp³-hybridized carbons (Fsp3) is 0.818. The van der Waals surface area contributed by atoms with Crippen LogP contribution in [0.15, 0.2) is 0 Å². The summed E-state index contributed by atoms with van der Waals surface area (Å²) in [7, 11) is 1.34. The fourth-order valence-corrected chi connectivity index (χ4v) is 3.37. The summed E-state index contributed by atoms with van der Waals surface area (Å²) >= 11 is 1.79. The largest absolute Gasteiger partial charge is 0.467 e. The van der Waals surface area contributed by atoms with Crippen LogP contribution in [0.2, 0.25) is 0 Å². The number of rotatable bonds is 2. The molecule has 2 heterocycles. The molecule has 0 saturated carbocycles. The van der Waals surface area contributed by atoms with E-state index in [9.17, 15) is 9.59 Å². The van der Waals surface area contributed by atoms with E-state index in [1.807, 2.05) is 0 Å². The SMILES string of the molecule is COC(=O)C1COCCN1C(=O)C1CCSC1. The number of nitrogens with zero attached hydrogens (tertiary/aromatic N) is 1. The van der Waals surface area contributed by atoms with Crippen molar-refractivity contribution in [3.05, 3.63) is 0 Å². The molecule has 0 radical (unpaired) electrons. The molecule has 0 aliphatic carbocycles. The number of carbonyl (C=O) groups excluding carboxylic acids is 2. The number of hydrogen-bond acceptors (Lipinski definition) is 5. The van der Waals surface area contributed by atoms with E-state index in [0.717, 1.165) is 17.9 Å². The van der Waals surface area contributed by atoms with Gasteiger partial charge < -0.3 is 14.4 Å². The van der Waals surface area contributed by atoms with E-state index in [2.05, 4.69) is 0 Å². The smallest absolute Gasteiger partial charge is 0.331 e. The van der Waals surface area contributed by atoms with Crippen molar-refractivity contribution >= 4 is 23.6 Å². The third-order valence-corrected chi connectivity index (χ3v) is 4.33. The van der Waals surface area contributed by atoms with E-state index in [-0.39, 0.29) is 24.4 Å².